The molecule has 2 aromatic carbocycles. The van der Waals surface area contributed by atoms with Crippen LogP contribution in [0.25, 0.3) is 11.3 Å². The van der Waals surface area contributed by atoms with Gasteiger partial charge in [0, 0.05) is 10.4 Å². The largest absolute Gasteiger partial charge is 0.497 e. The smallest absolute Gasteiger partial charge is 0.293 e. The van der Waals surface area contributed by atoms with Crippen molar-refractivity contribution in [3.05, 3.63) is 83.1 Å². The third-order valence-electron chi connectivity index (χ3n) is 4.70. The topological polar surface area (TPSA) is 98.5 Å². The Morgan fingerprint density at radius 2 is 1.78 bits per heavy atom. The second kappa shape index (κ2) is 8.97. The van der Waals surface area contributed by atoms with Crippen molar-refractivity contribution in [1.29, 1.82) is 0 Å². The van der Waals surface area contributed by atoms with Gasteiger partial charge in [0.05, 0.1) is 17.7 Å². The minimum Gasteiger partial charge on any atom is -0.497 e. The molecule has 4 rings (SSSR count). The minimum atomic E-state index is -3.57. The molecule has 0 bridgehead atoms. The maximum atomic E-state index is 12.6. The fourth-order valence-electron chi connectivity index (χ4n) is 3.10. The van der Waals surface area contributed by atoms with Crippen molar-refractivity contribution >= 4 is 32.2 Å². The molecule has 1 amide bonds. The van der Waals surface area contributed by atoms with Crippen LogP contribution >= 0.6 is 11.3 Å². The van der Waals surface area contributed by atoms with Gasteiger partial charge in [-0.05, 0) is 55.5 Å². The molecule has 4 aromatic rings. The van der Waals surface area contributed by atoms with Crippen molar-refractivity contribution in [2.75, 3.05) is 12.4 Å². The Labute approximate surface area is 189 Å². The Morgan fingerprint density at radius 1 is 1.06 bits per heavy atom. The highest BCUT2D eigenvalue weighted by Crippen LogP contribution is 2.31. The molecule has 32 heavy (non-hydrogen) atoms. The molecule has 0 aliphatic rings. The predicted octanol–water partition coefficient (Wildman–Crippen LogP) is 4.95. The molecule has 0 fully saturated rings. The number of carbonyl (C=O) groups excluding carboxylic acids is 1. The summed E-state index contributed by atoms with van der Waals surface area (Å²) < 4.78 is 35.7. The van der Waals surface area contributed by atoms with E-state index in [9.17, 15) is 13.2 Å². The van der Waals surface area contributed by atoms with Crippen LogP contribution < -0.4 is 10.1 Å². The maximum absolute atomic E-state index is 12.6. The van der Waals surface area contributed by atoms with Crippen LogP contribution in [-0.4, -0.2) is 26.4 Å². The van der Waals surface area contributed by atoms with E-state index in [0.29, 0.717) is 5.13 Å². The zero-order valence-corrected chi connectivity index (χ0v) is 19.0. The summed E-state index contributed by atoms with van der Waals surface area (Å²) in [6.07, 6.45) is 0. The fourth-order valence-corrected chi connectivity index (χ4v) is 5.20. The summed E-state index contributed by atoms with van der Waals surface area (Å²) in [6.45, 7) is 1.92. The number of nitrogens with one attached hydrogen (secondary N) is 1. The zero-order chi connectivity index (χ0) is 22.7. The van der Waals surface area contributed by atoms with Gasteiger partial charge in [-0.25, -0.2) is 13.4 Å². The first kappa shape index (κ1) is 21.8. The van der Waals surface area contributed by atoms with Gasteiger partial charge < -0.3 is 9.15 Å². The van der Waals surface area contributed by atoms with E-state index in [0.717, 1.165) is 21.9 Å². The standard InChI is InChI=1S/C23H20N2O5S2/c1-15-21(16-8-10-17(29-2)11-9-16)24-23(31-15)25-22(26)20-13-12-18(30-20)14-32(27,28)19-6-4-3-5-7-19/h3-13H,14H2,1-2H3,(H,24,25,26). The van der Waals surface area contributed by atoms with E-state index in [4.69, 9.17) is 9.15 Å². The number of aryl methyl sites for hydroxylation is 1. The monoisotopic (exact) mass is 468 g/mol. The highest BCUT2D eigenvalue weighted by atomic mass is 32.2. The van der Waals surface area contributed by atoms with Gasteiger partial charge in [-0.1, -0.05) is 18.2 Å². The maximum Gasteiger partial charge on any atom is 0.293 e. The quantitative estimate of drug-likeness (QED) is 0.412. The van der Waals surface area contributed by atoms with E-state index in [1.807, 2.05) is 31.2 Å². The zero-order valence-electron chi connectivity index (χ0n) is 17.4. The van der Waals surface area contributed by atoms with Gasteiger partial charge in [0.25, 0.3) is 5.91 Å². The number of thiazole rings is 1. The van der Waals surface area contributed by atoms with Gasteiger partial charge in [-0.3, -0.25) is 10.1 Å². The molecule has 0 unspecified atom stereocenters. The lowest BCUT2D eigenvalue weighted by atomic mass is 10.1. The summed E-state index contributed by atoms with van der Waals surface area (Å²) in [5.41, 5.74) is 1.67. The molecule has 9 heteroatoms. The summed E-state index contributed by atoms with van der Waals surface area (Å²) in [5, 5.41) is 3.14. The first-order valence-corrected chi connectivity index (χ1v) is 12.1. The number of nitrogens with zero attached hydrogens (tertiary/aromatic N) is 1. The highest BCUT2D eigenvalue weighted by Gasteiger charge is 2.20. The summed E-state index contributed by atoms with van der Waals surface area (Å²) >= 11 is 1.34. The highest BCUT2D eigenvalue weighted by molar-refractivity contribution is 7.90. The Hall–Kier alpha value is -3.43. The van der Waals surface area contributed by atoms with Gasteiger partial charge in [-0.15, -0.1) is 11.3 Å². The lowest BCUT2D eigenvalue weighted by Gasteiger charge is -2.02. The number of carbonyl (C=O) groups is 1. The van der Waals surface area contributed by atoms with Gasteiger partial charge in [-0.2, -0.15) is 0 Å². The molecular weight excluding hydrogens is 448 g/mol. The Bertz CT molecular complexity index is 1340. The number of sulfone groups is 1. The van der Waals surface area contributed by atoms with E-state index in [1.165, 1.54) is 35.6 Å². The molecule has 0 saturated heterocycles. The Morgan fingerprint density at radius 3 is 2.47 bits per heavy atom. The van der Waals surface area contributed by atoms with Crippen molar-refractivity contribution in [3.8, 4) is 17.0 Å². The molecule has 164 valence electrons. The average molecular weight is 469 g/mol. The van der Waals surface area contributed by atoms with Crippen LogP contribution in [0.2, 0.25) is 0 Å². The summed E-state index contributed by atoms with van der Waals surface area (Å²) in [6, 6.07) is 18.6. The second-order valence-corrected chi connectivity index (χ2v) is 10.1. The van der Waals surface area contributed by atoms with Gasteiger partial charge in [0.2, 0.25) is 0 Å². The first-order chi connectivity index (χ1) is 15.4. The summed E-state index contributed by atoms with van der Waals surface area (Å²) in [7, 11) is -1.96. The van der Waals surface area contributed by atoms with E-state index in [1.54, 1.807) is 25.3 Å². The molecule has 0 aliphatic heterocycles. The van der Waals surface area contributed by atoms with Gasteiger partial charge >= 0.3 is 0 Å². The number of rotatable bonds is 7. The summed E-state index contributed by atoms with van der Waals surface area (Å²) in [5.74, 6) is 0.124. The van der Waals surface area contributed by atoms with Crippen molar-refractivity contribution in [2.45, 2.75) is 17.6 Å². The normalized spacial score (nSPS) is 11.3. The van der Waals surface area contributed by atoms with E-state index in [-0.39, 0.29) is 22.2 Å². The third-order valence-corrected chi connectivity index (χ3v) is 7.24. The Kier molecular flexibility index (Phi) is 6.11. The molecule has 0 atom stereocenters. The number of hydrogen-bond donors (Lipinski definition) is 1. The van der Waals surface area contributed by atoms with Crippen molar-refractivity contribution in [1.82, 2.24) is 4.98 Å². The van der Waals surface area contributed by atoms with Crippen LogP contribution in [0.5, 0.6) is 5.75 Å². The molecule has 0 saturated carbocycles. The number of furan rings is 1. The second-order valence-electron chi connectivity index (χ2n) is 6.94. The van der Waals surface area contributed by atoms with Crippen LogP contribution in [0.3, 0.4) is 0 Å². The van der Waals surface area contributed by atoms with E-state index in [2.05, 4.69) is 10.3 Å². The van der Waals surface area contributed by atoms with Crippen LogP contribution in [0.4, 0.5) is 5.13 Å². The van der Waals surface area contributed by atoms with Crippen LogP contribution in [-0.2, 0) is 15.6 Å². The van der Waals surface area contributed by atoms with Crippen LogP contribution in [0, 0.1) is 6.92 Å². The number of amides is 1. The third kappa shape index (κ3) is 4.74. The Balaban J connectivity index is 1.46. The van der Waals surface area contributed by atoms with E-state index >= 15 is 0 Å². The first-order valence-electron chi connectivity index (χ1n) is 9.65. The SMILES string of the molecule is COc1ccc(-c2nc(NC(=O)c3ccc(CS(=O)(=O)c4ccccc4)o3)sc2C)cc1. The van der Waals surface area contributed by atoms with Gasteiger partial charge in [0.1, 0.15) is 17.3 Å². The fraction of sp³-hybridized carbons (Fsp3) is 0.130. The minimum absolute atomic E-state index is 0.0158. The summed E-state index contributed by atoms with van der Waals surface area (Å²) in [4.78, 5) is 18.3. The molecule has 0 spiro atoms. The van der Waals surface area contributed by atoms with Crippen molar-refractivity contribution in [2.24, 2.45) is 0 Å². The number of aromatic nitrogens is 1. The van der Waals surface area contributed by atoms with Crippen LogP contribution in [0.15, 0.2) is 76.0 Å². The lowest BCUT2D eigenvalue weighted by molar-refractivity contribution is 0.0995. The number of benzene rings is 2. The molecule has 2 heterocycles. The molecule has 0 aliphatic carbocycles. The number of methoxy groups -OCH3 is 1. The number of anilines is 1. The number of ether oxygens (including phenoxy) is 1. The molecule has 7 nitrogen and oxygen atoms in total. The number of hydrogen-bond acceptors (Lipinski definition) is 7. The van der Waals surface area contributed by atoms with E-state index < -0.39 is 15.7 Å². The van der Waals surface area contributed by atoms with Gasteiger partial charge in [0.15, 0.2) is 20.7 Å². The molecular formula is C23H20N2O5S2. The average Bonchev–Trinajstić information content (AvgIpc) is 3.40. The lowest BCUT2D eigenvalue weighted by Crippen LogP contribution is -2.10. The molecule has 0 radical (unpaired) electrons. The van der Waals surface area contributed by atoms with Crippen molar-refractivity contribution < 1.29 is 22.4 Å². The van der Waals surface area contributed by atoms with Crippen LogP contribution in [0.1, 0.15) is 21.2 Å². The molecule has 1 N–H and O–H groups in total. The predicted molar refractivity (Wildman–Crippen MR) is 123 cm³/mol. The molecule has 2 aromatic heterocycles. The van der Waals surface area contributed by atoms with Crippen molar-refractivity contribution in [3.63, 3.8) is 0 Å².